The fourth-order valence-electron chi connectivity index (χ4n) is 6.88. The third-order valence-electron chi connectivity index (χ3n) is 8.60. The smallest absolute Gasteiger partial charge is 0.185 e. The molecule has 7 rings (SSSR count). The first-order chi connectivity index (χ1) is 19.3. The van der Waals surface area contributed by atoms with Gasteiger partial charge in [0, 0.05) is 38.9 Å². The second-order valence-corrected chi connectivity index (χ2v) is 11.1. The Bertz CT molecular complexity index is 1720. The average molecular weight is 548 g/mol. The lowest BCUT2D eigenvalue weighted by Gasteiger charge is -2.37. The number of carbonyl (C=O) groups is 3. The quantitative estimate of drug-likeness (QED) is 0.203. The van der Waals surface area contributed by atoms with E-state index in [1.165, 1.54) is 12.1 Å². The molecule has 6 heteroatoms. The Labute approximate surface area is 235 Å². The van der Waals surface area contributed by atoms with Gasteiger partial charge in [0.25, 0.3) is 0 Å². The molecule has 0 saturated carbocycles. The number of nitrogens with zero attached hydrogens (tertiary/aromatic N) is 1. The molecule has 3 atom stereocenters. The van der Waals surface area contributed by atoms with Crippen molar-refractivity contribution in [2.24, 2.45) is 5.41 Å². The maximum atomic E-state index is 14.6. The van der Waals surface area contributed by atoms with E-state index in [-0.39, 0.29) is 17.3 Å². The minimum absolute atomic E-state index is 0.244. The van der Waals surface area contributed by atoms with Crippen molar-refractivity contribution in [1.82, 2.24) is 0 Å². The highest BCUT2D eigenvalue weighted by atomic mass is 35.5. The molecule has 2 heterocycles. The van der Waals surface area contributed by atoms with Gasteiger partial charge in [-0.2, -0.15) is 0 Å². The highest BCUT2D eigenvalue weighted by Crippen LogP contribution is 2.61. The highest BCUT2D eigenvalue weighted by Gasteiger charge is 2.71. The van der Waals surface area contributed by atoms with Crippen molar-refractivity contribution in [3.05, 3.63) is 141 Å². The van der Waals surface area contributed by atoms with Gasteiger partial charge >= 0.3 is 0 Å². The van der Waals surface area contributed by atoms with Crippen LogP contribution in [-0.2, 0) is 0 Å². The van der Waals surface area contributed by atoms with Crippen LogP contribution in [0.4, 0.5) is 10.1 Å². The molecule has 1 fully saturated rings. The van der Waals surface area contributed by atoms with Crippen LogP contribution in [0, 0.1) is 18.2 Å². The van der Waals surface area contributed by atoms with E-state index in [1.54, 1.807) is 66.7 Å². The summed E-state index contributed by atoms with van der Waals surface area (Å²) in [5.41, 5.74) is 2.47. The molecule has 4 aromatic carbocycles. The SMILES string of the molecule is Cc1ccc([C@@H]2[C@H](C(=O)c3ccc(Cl)cc3)N3c4ccc(F)cc4C=C[C@H]3C23C(=O)c2ccccc2C3=O)cc1. The monoisotopic (exact) mass is 547 g/mol. The van der Waals surface area contributed by atoms with E-state index in [0.717, 1.165) is 11.1 Å². The van der Waals surface area contributed by atoms with Crippen molar-refractivity contribution >= 4 is 40.7 Å². The number of fused-ring (bicyclic) bond motifs is 5. The molecule has 0 unspecified atom stereocenters. The summed E-state index contributed by atoms with van der Waals surface area (Å²) in [6.07, 6.45) is 3.55. The van der Waals surface area contributed by atoms with Gasteiger partial charge in [0.05, 0.1) is 6.04 Å². The van der Waals surface area contributed by atoms with E-state index in [0.29, 0.717) is 33.0 Å². The summed E-state index contributed by atoms with van der Waals surface area (Å²) >= 11 is 6.14. The van der Waals surface area contributed by atoms with Crippen molar-refractivity contribution < 1.29 is 18.8 Å². The van der Waals surface area contributed by atoms with Crippen molar-refractivity contribution in [2.45, 2.75) is 24.9 Å². The highest BCUT2D eigenvalue weighted by molar-refractivity contribution is 6.32. The van der Waals surface area contributed by atoms with Gasteiger partial charge in [-0.1, -0.05) is 77.8 Å². The predicted octanol–water partition coefficient (Wildman–Crippen LogP) is 7.10. The maximum absolute atomic E-state index is 14.6. The molecule has 4 nitrogen and oxygen atoms in total. The lowest BCUT2D eigenvalue weighted by atomic mass is 9.64. The zero-order valence-corrected chi connectivity index (χ0v) is 22.2. The zero-order valence-electron chi connectivity index (χ0n) is 21.5. The van der Waals surface area contributed by atoms with Crippen molar-refractivity contribution in [3.63, 3.8) is 0 Å². The van der Waals surface area contributed by atoms with Gasteiger partial charge in [0.15, 0.2) is 17.3 Å². The molecule has 1 aliphatic carbocycles. The third-order valence-corrected chi connectivity index (χ3v) is 8.85. The summed E-state index contributed by atoms with van der Waals surface area (Å²) in [4.78, 5) is 45.6. The number of hydrogen-bond donors (Lipinski definition) is 0. The lowest BCUT2D eigenvalue weighted by molar-refractivity contribution is 0.0666. The summed E-state index contributed by atoms with van der Waals surface area (Å²) in [6.45, 7) is 1.96. The Morgan fingerprint density at radius 3 is 2.17 bits per heavy atom. The number of Topliss-reactive ketones (excluding diaryl/α,β-unsaturated/α-hetero) is 3. The molecule has 0 amide bonds. The van der Waals surface area contributed by atoms with Gasteiger partial charge in [-0.25, -0.2) is 4.39 Å². The Balaban J connectivity index is 1.54. The van der Waals surface area contributed by atoms with E-state index in [4.69, 9.17) is 11.6 Å². The molecule has 4 aromatic rings. The molecule has 0 radical (unpaired) electrons. The standard InChI is InChI=1S/C34H23ClFNO3/c1-19-6-8-20(9-7-19)29-30(31(38)21-10-13-23(35)14-11-21)37-27-16-15-24(36)18-22(27)12-17-28(37)34(29)32(39)25-4-2-3-5-26(25)33(34)40/h2-18,28-30H,1H3/t28-,29+,30+/m0/s1. The lowest BCUT2D eigenvalue weighted by Crippen LogP contribution is -2.48. The first-order valence-electron chi connectivity index (χ1n) is 13.1. The molecule has 0 N–H and O–H groups in total. The summed E-state index contributed by atoms with van der Waals surface area (Å²) in [7, 11) is 0. The van der Waals surface area contributed by atoms with E-state index in [1.807, 2.05) is 36.1 Å². The molecular weight excluding hydrogens is 525 g/mol. The van der Waals surface area contributed by atoms with Gasteiger partial charge in [0.2, 0.25) is 0 Å². The van der Waals surface area contributed by atoms with Crippen LogP contribution in [0.1, 0.15) is 53.7 Å². The molecule has 196 valence electrons. The third kappa shape index (κ3) is 3.28. The Morgan fingerprint density at radius 1 is 0.875 bits per heavy atom. The van der Waals surface area contributed by atoms with Gasteiger partial charge in [-0.3, -0.25) is 14.4 Å². The Hall–Kier alpha value is -4.35. The fraction of sp³-hybridized carbons (Fsp3) is 0.147. The minimum Gasteiger partial charge on any atom is -0.352 e. The average Bonchev–Trinajstić information content (AvgIpc) is 3.39. The number of halogens is 2. The summed E-state index contributed by atoms with van der Waals surface area (Å²) < 4.78 is 14.3. The van der Waals surface area contributed by atoms with Crippen LogP contribution in [0.2, 0.25) is 5.02 Å². The van der Waals surface area contributed by atoms with Crippen molar-refractivity contribution in [3.8, 4) is 0 Å². The van der Waals surface area contributed by atoms with Gasteiger partial charge in [0.1, 0.15) is 17.3 Å². The number of hydrogen-bond acceptors (Lipinski definition) is 4. The topological polar surface area (TPSA) is 54.5 Å². The van der Waals surface area contributed by atoms with Crippen molar-refractivity contribution in [2.75, 3.05) is 4.90 Å². The molecule has 0 bridgehead atoms. The Kier molecular flexibility index (Phi) is 5.45. The van der Waals surface area contributed by atoms with Crippen LogP contribution in [0.15, 0.2) is 97.1 Å². The summed E-state index contributed by atoms with van der Waals surface area (Å²) in [6, 6.07) is 23.9. The van der Waals surface area contributed by atoms with Gasteiger partial charge in [-0.15, -0.1) is 0 Å². The van der Waals surface area contributed by atoms with Crippen LogP contribution in [0.3, 0.4) is 0 Å². The molecule has 1 spiro atoms. The van der Waals surface area contributed by atoms with Gasteiger partial charge in [-0.05, 0) is 55.0 Å². The van der Waals surface area contributed by atoms with Crippen LogP contribution in [0.25, 0.3) is 6.08 Å². The van der Waals surface area contributed by atoms with Crippen LogP contribution in [-0.4, -0.2) is 29.4 Å². The van der Waals surface area contributed by atoms with E-state index >= 15 is 0 Å². The number of aryl methyl sites for hydroxylation is 1. The van der Waals surface area contributed by atoms with Gasteiger partial charge < -0.3 is 4.90 Å². The number of carbonyl (C=O) groups excluding carboxylic acids is 3. The molecule has 2 aliphatic heterocycles. The molecule has 0 aromatic heterocycles. The maximum Gasteiger partial charge on any atom is 0.185 e. The predicted molar refractivity (Wildman–Crippen MR) is 153 cm³/mol. The fourth-order valence-corrected chi connectivity index (χ4v) is 7.01. The minimum atomic E-state index is -1.59. The number of anilines is 1. The summed E-state index contributed by atoms with van der Waals surface area (Å²) in [5, 5.41) is 0.491. The first-order valence-corrected chi connectivity index (χ1v) is 13.5. The van der Waals surface area contributed by atoms with Crippen LogP contribution < -0.4 is 4.90 Å². The van der Waals surface area contributed by atoms with Crippen LogP contribution >= 0.6 is 11.6 Å². The van der Waals surface area contributed by atoms with Crippen molar-refractivity contribution in [1.29, 1.82) is 0 Å². The second kappa shape index (κ2) is 8.83. The number of rotatable bonds is 3. The molecule has 1 saturated heterocycles. The number of ketones is 3. The molecule has 40 heavy (non-hydrogen) atoms. The molecular formula is C34H23ClFNO3. The van der Waals surface area contributed by atoms with E-state index < -0.39 is 29.2 Å². The van der Waals surface area contributed by atoms with E-state index in [9.17, 15) is 18.8 Å². The van der Waals surface area contributed by atoms with Crippen LogP contribution in [0.5, 0.6) is 0 Å². The number of benzene rings is 4. The second-order valence-electron chi connectivity index (χ2n) is 10.7. The largest absolute Gasteiger partial charge is 0.352 e. The molecule has 3 aliphatic rings. The van der Waals surface area contributed by atoms with E-state index in [2.05, 4.69) is 0 Å². The summed E-state index contributed by atoms with van der Waals surface area (Å²) in [5.74, 6) is -2.06. The Morgan fingerprint density at radius 2 is 1.52 bits per heavy atom. The zero-order chi connectivity index (χ0) is 27.8. The first kappa shape index (κ1) is 24.7. The normalized spacial score (nSPS) is 21.9.